The minimum absolute atomic E-state index is 0.147. The lowest BCUT2D eigenvalue weighted by atomic mass is 10.1. The van der Waals surface area contributed by atoms with E-state index in [2.05, 4.69) is 0 Å². The summed E-state index contributed by atoms with van der Waals surface area (Å²) < 4.78 is 24.9. The van der Waals surface area contributed by atoms with Gasteiger partial charge in [-0.1, -0.05) is 0 Å². The summed E-state index contributed by atoms with van der Waals surface area (Å²) in [7, 11) is 0. The van der Waals surface area contributed by atoms with Crippen molar-refractivity contribution in [2.75, 3.05) is 13.2 Å². The van der Waals surface area contributed by atoms with E-state index >= 15 is 0 Å². The molecule has 3 atom stereocenters. The van der Waals surface area contributed by atoms with Gasteiger partial charge in [-0.15, -0.1) is 0 Å². The van der Waals surface area contributed by atoms with Crippen LogP contribution in [0.15, 0.2) is 0 Å². The molecule has 0 bridgehead atoms. The van der Waals surface area contributed by atoms with Crippen LogP contribution in [0, 0.1) is 0 Å². The molecule has 0 saturated carbocycles. The maximum absolute atomic E-state index is 11.4. The molecular formula is C16H24O10. The summed E-state index contributed by atoms with van der Waals surface area (Å²) in [6.07, 6.45) is -3.34. The van der Waals surface area contributed by atoms with Gasteiger partial charge < -0.3 is 23.7 Å². The van der Waals surface area contributed by atoms with Crippen LogP contribution < -0.4 is 0 Å². The van der Waals surface area contributed by atoms with E-state index in [1.807, 2.05) is 0 Å². The Kier molecular flexibility index (Phi) is 10.6. The van der Waals surface area contributed by atoms with Crippen molar-refractivity contribution in [2.45, 2.75) is 59.4 Å². The van der Waals surface area contributed by atoms with Crippen molar-refractivity contribution >= 4 is 29.8 Å². The summed E-state index contributed by atoms with van der Waals surface area (Å²) in [6, 6.07) is 0. The zero-order chi connectivity index (χ0) is 20.3. The first-order chi connectivity index (χ1) is 12.0. The lowest BCUT2D eigenvalue weighted by Crippen LogP contribution is -2.42. The third kappa shape index (κ3) is 11.8. The second-order valence-electron chi connectivity index (χ2n) is 5.37. The fourth-order valence-electron chi connectivity index (χ4n) is 1.97. The third-order valence-corrected chi connectivity index (χ3v) is 2.80. The molecule has 0 aromatic carbocycles. The minimum Gasteiger partial charge on any atom is -0.462 e. The van der Waals surface area contributed by atoms with Gasteiger partial charge in [0, 0.05) is 41.0 Å². The smallest absolute Gasteiger partial charge is 0.303 e. The van der Waals surface area contributed by atoms with E-state index in [1.54, 1.807) is 0 Å². The van der Waals surface area contributed by atoms with Crippen molar-refractivity contribution in [1.82, 2.24) is 0 Å². The lowest BCUT2D eigenvalue weighted by Gasteiger charge is -2.28. The first-order valence-electron chi connectivity index (χ1n) is 7.79. The Morgan fingerprint density at radius 1 is 0.577 bits per heavy atom. The van der Waals surface area contributed by atoms with E-state index in [9.17, 15) is 24.0 Å². The molecule has 0 unspecified atom stereocenters. The van der Waals surface area contributed by atoms with Crippen molar-refractivity contribution in [1.29, 1.82) is 0 Å². The molecule has 10 nitrogen and oxygen atoms in total. The molecule has 0 rings (SSSR count). The second-order valence-corrected chi connectivity index (χ2v) is 5.37. The monoisotopic (exact) mass is 376 g/mol. The molecule has 0 aliphatic heterocycles. The zero-order valence-electron chi connectivity index (χ0n) is 15.4. The number of hydrogen-bond acceptors (Lipinski definition) is 10. The van der Waals surface area contributed by atoms with E-state index in [1.165, 1.54) is 6.92 Å². The van der Waals surface area contributed by atoms with Crippen LogP contribution in [0.4, 0.5) is 0 Å². The Morgan fingerprint density at radius 2 is 1.00 bits per heavy atom. The Hall–Kier alpha value is -2.65. The predicted molar refractivity (Wildman–Crippen MR) is 84.5 cm³/mol. The summed E-state index contributed by atoms with van der Waals surface area (Å²) in [5.41, 5.74) is 0. The Labute approximate surface area is 151 Å². The Bertz CT molecular complexity index is 527. The molecule has 0 aromatic heterocycles. The van der Waals surface area contributed by atoms with Crippen molar-refractivity contribution in [2.24, 2.45) is 0 Å². The Balaban J connectivity index is 5.34. The number of carbonyl (C=O) groups is 5. The molecular weight excluding hydrogens is 352 g/mol. The molecule has 10 heteroatoms. The lowest BCUT2D eigenvalue weighted by molar-refractivity contribution is -0.178. The zero-order valence-corrected chi connectivity index (χ0v) is 15.4. The molecule has 0 amide bonds. The van der Waals surface area contributed by atoms with Gasteiger partial charge in [-0.05, 0) is 0 Å². The van der Waals surface area contributed by atoms with Crippen LogP contribution >= 0.6 is 0 Å². The van der Waals surface area contributed by atoms with Crippen LogP contribution in [-0.4, -0.2) is 61.4 Å². The van der Waals surface area contributed by atoms with Gasteiger partial charge in [0.25, 0.3) is 0 Å². The summed E-state index contributed by atoms with van der Waals surface area (Å²) in [4.78, 5) is 55.9. The molecule has 0 fully saturated rings. The van der Waals surface area contributed by atoms with Gasteiger partial charge in [0.1, 0.15) is 25.4 Å². The highest BCUT2D eigenvalue weighted by Gasteiger charge is 2.32. The van der Waals surface area contributed by atoms with Gasteiger partial charge in [0.15, 0.2) is 6.10 Å². The maximum atomic E-state index is 11.4. The molecule has 0 spiro atoms. The minimum atomic E-state index is -1.13. The van der Waals surface area contributed by atoms with Crippen LogP contribution in [0.5, 0.6) is 0 Å². The van der Waals surface area contributed by atoms with E-state index < -0.39 is 48.2 Å². The standard InChI is InChI=1S/C16H24O10/c1-9(17)22-7-14(24-11(3)19)6-15(25-12(4)20)16(26-13(5)21)8-23-10(2)18/h14-16H,6-8H2,1-5H3/t14-,15+,16-/m1/s1. The molecule has 0 N–H and O–H groups in total. The number of ether oxygens (including phenoxy) is 5. The van der Waals surface area contributed by atoms with Gasteiger partial charge in [-0.3, -0.25) is 24.0 Å². The summed E-state index contributed by atoms with van der Waals surface area (Å²) in [5.74, 6) is -3.25. The highest BCUT2D eigenvalue weighted by molar-refractivity contribution is 5.68. The summed E-state index contributed by atoms with van der Waals surface area (Å²) in [6.45, 7) is 5.11. The number of rotatable bonds is 10. The normalized spacial score (nSPS) is 13.6. The summed E-state index contributed by atoms with van der Waals surface area (Å²) >= 11 is 0. The highest BCUT2D eigenvalue weighted by atomic mass is 16.6. The summed E-state index contributed by atoms with van der Waals surface area (Å²) in [5, 5.41) is 0. The fraction of sp³-hybridized carbons (Fsp3) is 0.688. The van der Waals surface area contributed by atoms with E-state index in [0.717, 1.165) is 27.7 Å². The van der Waals surface area contributed by atoms with Gasteiger partial charge in [0.05, 0.1) is 0 Å². The van der Waals surface area contributed by atoms with Crippen LogP contribution in [0.3, 0.4) is 0 Å². The average Bonchev–Trinajstić information content (AvgIpc) is 2.46. The Morgan fingerprint density at radius 3 is 1.42 bits per heavy atom. The topological polar surface area (TPSA) is 132 Å². The maximum Gasteiger partial charge on any atom is 0.303 e. The van der Waals surface area contributed by atoms with Crippen LogP contribution in [0.1, 0.15) is 41.0 Å². The van der Waals surface area contributed by atoms with Crippen molar-refractivity contribution in [3.05, 3.63) is 0 Å². The van der Waals surface area contributed by atoms with E-state index in [4.69, 9.17) is 23.7 Å². The predicted octanol–water partition coefficient (Wildman–Crippen LogP) is 0.298. The van der Waals surface area contributed by atoms with Crippen LogP contribution in [0.2, 0.25) is 0 Å². The highest BCUT2D eigenvalue weighted by Crippen LogP contribution is 2.16. The second kappa shape index (κ2) is 11.8. The molecule has 0 radical (unpaired) electrons. The van der Waals surface area contributed by atoms with Gasteiger partial charge >= 0.3 is 29.8 Å². The first-order valence-corrected chi connectivity index (χ1v) is 7.79. The van der Waals surface area contributed by atoms with Crippen molar-refractivity contribution < 1.29 is 47.7 Å². The van der Waals surface area contributed by atoms with E-state index in [0.29, 0.717) is 0 Å². The van der Waals surface area contributed by atoms with Gasteiger partial charge in [-0.25, -0.2) is 0 Å². The molecule has 0 aromatic rings. The molecule has 26 heavy (non-hydrogen) atoms. The van der Waals surface area contributed by atoms with Crippen molar-refractivity contribution in [3.8, 4) is 0 Å². The number of esters is 5. The molecule has 0 heterocycles. The average molecular weight is 376 g/mol. The molecule has 0 aliphatic rings. The van der Waals surface area contributed by atoms with Gasteiger partial charge in [-0.2, -0.15) is 0 Å². The van der Waals surface area contributed by atoms with Crippen molar-refractivity contribution in [3.63, 3.8) is 0 Å². The fourth-order valence-corrected chi connectivity index (χ4v) is 1.97. The molecule has 148 valence electrons. The quantitative estimate of drug-likeness (QED) is 0.387. The largest absolute Gasteiger partial charge is 0.462 e. The number of carbonyl (C=O) groups excluding carboxylic acids is 5. The van der Waals surface area contributed by atoms with Gasteiger partial charge in [0.2, 0.25) is 0 Å². The first kappa shape index (κ1) is 23.4. The third-order valence-electron chi connectivity index (χ3n) is 2.80. The SMILES string of the molecule is CC(=O)OC[C@@H](C[C@H](OC(C)=O)[C@@H](COC(C)=O)OC(C)=O)OC(C)=O. The van der Waals surface area contributed by atoms with Crippen LogP contribution in [0.25, 0.3) is 0 Å². The van der Waals surface area contributed by atoms with E-state index in [-0.39, 0.29) is 19.6 Å². The van der Waals surface area contributed by atoms with Crippen LogP contribution in [-0.2, 0) is 47.7 Å². The molecule has 0 aliphatic carbocycles. The molecule has 0 saturated heterocycles. The number of hydrogen-bond donors (Lipinski definition) is 0.